The molecule has 0 saturated carbocycles. The number of hydrogen-bond donors (Lipinski definition) is 2. The monoisotopic (exact) mass is 263 g/mol. The largest absolute Gasteiger partial charge is 0.496 e. The van der Waals surface area contributed by atoms with Gasteiger partial charge in [0.1, 0.15) is 5.75 Å². The molecule has 1 amide bonds. The first-order chi connectivity index (χ1) is 9.10. The van der Waals surface area contributed by atoms with Crippen molar-refractivity contribution in [3.8, 4) is 5.75 Å². The Morgan fingerprint density at radius 1 is 1.53 bits per heavy atom. The topological polar surface area (TPSA) is 81.6 Å². The number of hydrogen-bond acceptors (Lipinski definition) is 4. The summed E-state index contributed by atoms with van der Waals surface area (Å²) in [5, 5.41) is 0. The zero-order valence-electron chi connectivity index (χ0n) is 11.3. The Morgan fingerprint density at radius 3 is 3.00 bits per heavy atom. The fourth-order valence-electron chi connectivity index (χ4n) is 2.59. The highest BCUT2D eigenvalue weighted by atomic mass is 16.5. The number of nitrogens with two attached hydrogens (primary N) is 2. The maximum atomic E-state index is 11.3. The van der Waals surface area contributed by atoms with Gasteiger partial charge in [0.2, 0.25) is 5.91 Å². The minimum Gasteiger partial charge on any atom is -0.496 e. The summed E-state index contributed by atoms with van der Waals surface area (Å²) in [4.78, 5) is 13.5. The average molecular weight is 263 g/mol. The van der Waals surface area contributed by atoms with Gasteiger partial charge in [-0.15, -0.1) is 0 Å². The van der Waals surface area contributed by atoms with E-state index >= 15 is 0 Å². The van der Waals surface area contributed by atoms with E-state index in [2.05, 4.69) is 4.90 Å². The molecule has 4 N–H and O–H groups in total. The zero-order chi connectivity index (χ0) is 13.8. The highest BCUT2D eigenvalue weighted by molar-refractivity contribution is 5.76. The van der Waals surface area contributed by atoms with Crippen molar-refractivity contribution in [3.05, 3.63) is 23.8 Å². The molecule has 1 saturated heterocycles. The van der Waals surface area contributed by atoms with Crippen LogP contribution in [0.15, 0.2) is 18.2 Å². The number of piperidine rings is 1. The van der Waals surface area contributed by atoms with Crippen molar-refractivity contribution in [2.24, 2.45) is 11.7 Å². The minimum atomic E-state index is -0.204. The molecule has 5 heteroatoms. The van der Waals surface area contributed by atoms with Crippen LogP contribution in [0.1, 0.15) is 18.4 Å². The molecule has 0 aromatic heterocycles. The number of methoxy groups -OCH3 is 1. The van der Waals surface area contributed by atoms with Crippen LogP contribution in [-0.2, 0) is 11.3 Å². The Balaban J connectivity index is 2.08. The average Bonchev–Trinajstić information content (AvgIpc) is 2.39. The molecule has 5 nitrogen and oxygen atoms in total. The van der Waals surface area contributed by atoms with Crippen molar-refractivity contribution in [1.82, 2.24) is 4.90 Å². The van der Waals surface area contributed by atoms with Gasteiger partial charge in [0, 0.05) is 24.3 Å². The van der Waals surface area contributed by atoms with Crippen LogP contribution in [0, 0.1) is 5.92 Å². The number of nitrogen functional groups attached to an aromatic ring is 1. The fourth-order valence-corrected chi connectivity index (χ4v) is 2.59. The third-order valence-electron chi connectivity index (χ3n) is 3.61. The van der Waals surface area contributed by atoms with Crippen LogP contribution in [0.25, 0.3) is 0 Å². The van der Waals surface area contributed by atoms with Crippen LogP contribution in [0.4, 0.5) is 5.69 Å². The lowest BCUT2D eigenvalue weighted by Gasteiger charge is -2.31. The number of carbonyl (C=O) groups excluding carboxylic acids is 1. The van der Waals surface area contributed by atoms with Crippen molar-refractivity contribution in [3.63, 3.8) is 0 Å². The van der Waals surface area contributed by atoms with Gasteiger partial charge in [-0.25, -0.2) is 0 Å². The quantitative estimate of drug-likeness (QED) is 0.793. The summed E-state index contributed by atoms with van der Waals surface area (Å²) in [6, 6.07) is 5.62. The van der Waals surface area contributed by atoms with Gasteiger partial charge in [-0.1, -0.05) is 0 Å². The first kappa shape index (κ1) is 13.7. The summed E-state index contributed by atoms with van der Waals surface area (Å²) in [6.45, 7) is 2.42. The number of carbonyl (C=O) groups is 1. The summed E-state index contributed by atoms with van der Waals surface area (Å²) in [5.41, 5.74) is 13.0. The van der Waals surface area contributed by atoms with E-state index in [-0.39, 0.29) is 11.8 Å². The Morgan fingerprint density at radius 2 is 2.32 bits per heavy atom. The number of primary amides is 1. The van der Waals surface area contributed by atoms with Gasteiger partial charge >= 0.3 is 0 Å². The Hall–Kier alpha value is -1.75. The Labute approximate surface area is 113 Å². The van der Waals surface area contributed by atoms with E-state index in [0.29, 0.717) is 6.54 Å². The van der Waals surface area contributed by atoms with E-state index in [1.807, 2.05) is 18.2 Å². The van der Waals surface area contributed by atoms with Gasteiger partial charge in [0.05, 0.1) is 13.0 Å². The predicted octanol–water partition coefficient (Wildman–Crippen LogP) is 0.975. The molecule has 1 aromatic rings. The zero-order valence-corrected chi connectivity index (χ0v) is 11.3. The number of amides is 1. The molecule has 0 radical (unpaired) electrons. The molecule has 0 spiro atoms. The summed E-state index contributed by atoms with van der Waals surface area (Å²) >= 11 is 0. The summed E-state index contributed by atoms with van der Waals surface area (Å²) in [7, 11) is 1.65. The number of nitrogens with zero attached hydrogens (tertiary/aromatic N) is 1. The van der Waals surface area contributed by atoms with Crippen molar-refractivity contribution in [2.75, 3.05) is 25.9 Å². The minimum absolute atomic E-state index is 0.0409. The van der Waals surface area contributed by atoms with Gasteiger partial charge in [-0.2, -0.15) is 0 Å². The fraction of sp³-hybridized carbons (Fsp3) is 0.500. The van der Waals surface area contributed by atoms with Crippen LogP contribution in [0.2, 0.25) is 0 Å². The molecule has 19 heavy (non-hydrogen) atoms. The normalized spacial score (nSPS) is 20.2. The van der Waals surface area contributed by atoms with Crippen molar-refractivity contribution < 1.29 is 9.53 Å². The third-order valence-corrected chi connectivity index (χ3v) is 3.61. The van der Waals surface area contributed by atoms with Crippen LogP contribution < -0.4 is 16.2 Å². The van der Waals surface area contributed by atoms with Gasteiger partial charge in [0.15, 0.2) is 0 Å². The molecule has 1 aliphatic rings. The van der Waals surface area contributed by atoms with E-state index in [1.165, 1.54) is 0 Å². The molecule has 1 aromatic carbocycles. The van der Waals surface area contributed by atoms with Gasteiger partial charge < -0.3 is 16.2 Å². The molecule has 104 valence electrons. The Kier molecular flexibility index (Phi) is 4.27. The van der Waals surface area contributed by atoms with Crippen LogP contribution in [0.3, 0.4) is 0 Å². The number of rotatable bonds is 4. The highest BCUT2D eigenvalue weighted by Crippen LogP contribution is 2.25. The smallest absolute Gasteiger partial charge is 0.221 e. The maximum absolute atomic E-state index is 11.3. The van der Waals surface area contributed by atoms with Gasteiger partial charge in [0.25, 0.3) is 0 Å². The molecule has 1 heterocycles. The van der Waals surface area contributed by atoms with E-state index in [1.54, 1.807) is 7.11 Å². The van der Waals surface area contributed by atoms with Crippen molar-refractivity contribution in [1.29, 1.82) is 0 Å². The van der Waals surface area contributed by atoms with E-state index < -0.39 is 0 Å². The van der Waals surface area contributed by atoms with Crippen LogP contribution in [0.5, 0.6) is 5.75 Å². The molecule has 0 aliphatic carbocycles. The van der Waals surface area contributed by atoms with Crippen LogP contribution in [-0.4, -0.2) is 31.0 Å². The van der Waals surface area contributed by atoms with E-state index in [0.717, 1.165) is 42.9 Å². The molecule has 1 unspecified atom stereocenters. The van der Waals surface area contributed by atoms with Gasteiger partial charge in [-0.3, -0.25) is 9.69 Å². The summed E-state index contributed by atoms with van der Waals surface area (Å²) < 4.78 is 5.34. The van der Waals surface area contributed by atoms with Crippen molar-refractivity contribution in [2.45, 2.75) is 19.4 Å². The molecule has 2 rings (SSSR count). The molecule has 1 atom stereocenters. The number of anilines is 1. The van der Waals surface area contributed by atoms with E-state index in [4.69, 9.17) is 16.2 Å². The Bertz CT molecular complexity index is 462. The van der Waals surface area contributed by atoms with Gasteiger partial charge in [-0.05, 0) is 37.6 Å². The second-order valence-corrected chi connectivity index (χ2v) is 5.05. The maximum Gasteiger partial charge on any atom is 0.221 e. The van der Waals surface area contributed by atoms with E-state index in [9.17, 15) is 4.79 Å². The third kappa shape index (κ3) is 3.38. The van der Waals surface area contributed by atoms with Crippen LogP contribution >= 0.6 is 0 Å². The second-order valence-electron chi connectivity index (χ2n) is 5.05. The lowest BCUT2D eigenvalue weighted by atomic mass is 9.97. The number of likely N-dealkylation sites (tertiary alicyclic amines) is 1. The standard InChI is InChI=1S/C14H21N3O2/c1-19-13-5-4-12(15)7-11(13)9-17-6-2-3-10(8-17)14(16)18/h4-5,7,10H,2-3,6,8-9,15H2,1H3,(H2,16,18). The van der Waals surface area contributed by atoms with Crippen molar-refractivity contribution >= 4 is 11.6 Å². The molecule has 1 aliphatic heterocycles. The number of ether oxygens (including phenoxy) is 1. The second kappa shape index (κ2) is 5.93. The molecular formula is C14H21N3O2. The first-order valence-corrected chi connectivity index (χ1v) is 6.54. The predicted molar refractivity (Wildman–Crippen MR) is 74.6 cm³/mol. The summed E-state index contributed by atoms with van der Waals surface area (Å²) in [5.74, 6) is 0.584. The highest BCUT2D eigenvalue weighted by Gasteiger charge is 2.24. The molecule has 1 fully saturated rings. The number of benzene rings is 1. The molecular weight excluding hydrogens is 242 g/mol. The SMILES string of the molecule is COc1ccc(N)cc1CN1CCCC(C(N)=O)C1. The summed E-state index contributed by atoms with van der Waals surface area (Å²) in [6.07, 6.45) is 1.89. The first-order valence-electron chi connectivity index (χ1n) is 6.54. The lowest BCUT2D eigenvalue weighted by Crippen LogP contribution is -2.40. The lowest BCUT2D eigenvalue weighted by molar-refractivity contribution is -0.123. The molecule has 0 bridgehead atoms.